The predicted molar refractivity (Wildman–Crippen MR) is 96.3 cm³/mol. The maximum absolute atomic E-state index is 14.4. The molecule has 0 aliphatic carbocycles. The lowest BCUT2D eigenvalue weighted by molar-refractivity contribution is 0.559. The van der Waals surface area contributed by atoms with E-state index in [4.69, 9.17) is 16.0 Å². The Hall–Kier alpha value is -2.92. The topological polar surface area (TPSA) is 30.4 Å². The van der Waals surface area contributed by atoms with Gasteiger partial charge in [0.1, 0.15) is 17.3 Å². The van der Waals surface area contributed by atoms with Crippen LogP contribution >= 0.6 is 11.6 Å². The van der Waals surface area contributed by atoms with Gasteiger partial charge in [0, 0.05) is 28.2 Å². The Bertz CT molecular complexity index is 1210. The molecular weight excluding hydrogens is 358 g/mol. The Morgan fingerprint density at radius 3 is 2.88 bits per heavy atom. The van der Waals surface area contributed by atoms with E-state index in [-0.39, 0.29) is 11.1 Å². The van der Waals surface area contributed by atoms with E-state index in [0.717, 1.165) is 23.0 Å². The standard InChI is InChI=1S/C20H11ClF2N2O/c21-14-3-1-4-16-13(14)9-24-19(17-5-2-6-25(16)17)20-18-11(10-26-20)7-12(22)8-15(18)23/h1-8,10H,9H2. The summed E-state index contributed by atoms with van der Waals surface area (Å²) in [7, 11) is 0. The van der Waals surface area contributed by atoms with E-state index in [1.807, 2.05) is 41.1 Å². The number of halogens is 3. The minimum atomic E-state index is -0.677. The van der Waals surface area contributed by atoms with Crippen LogP contribution in [-0.2, 0) is 6.54 Å². The second-order valence-corrected chi connectivity index (χ2v) is 6.49. The average molecular weight is 369 g/mol. The summed E-state index contributed by atoms with van der Waals surface area (Å²) in [6.45, 7) is 0.330. The van der Waals surface area contributed by atoms with Crippen molar-refractivity contribution >= 4 is 28.1 Å². The van der Waals surface area contributed by atoms with Crippen molar-refractivity contribution in [1.29, 1.82) is 0 Å². The molecule has 26 heavy (non-hydrogen) atoms. The van der Waals surface area contributed by atoms with Crippen molar-refractivity contribution in [3.63, 3.8) is 0 Å². The molecule has 0 fully saturated rings. The highest BCUT2D eigenvalue weighted by molar-refractivity contribution is 6.31. The Balaban J connectivity index is 1.79. The fourth-order valence-electron chi connectivity index (χ4n) is 3.42. The van der Waals surface area contributed by atoms with E-state index in [0.29, 0.717) is 22.7 Å². The first-order valence-electron chi connectivity index (χ1n) is 8.00. The molecule has 2 aromatic carbocycles. The van der Waals surface area contributed by atoms with Crippen molar-refractivity contribution in [1.82, 2.24) is 4.57 Å². The van der Waals surface area contributed by atoms with Crippen molar-refractivity contribution in [2.75, 3.05) is 0 Å². The van der Waals surface area contributed by atoms with Crippen molar-refractivity contribution in [2.45, 2.75) is 6.54 Å². The first-order chi connectivity index (χ1) is 12.6. The Morgan fingerprint density at radius 2 is 2.00 bits per heavy atom. The van der Waals surface area contributed by atoms with E-state index in [2.05, 4.69) is 4.99 Å². The molecule has 0 saturated heterocycles. The van der Waals surface area contributed by atoms with E-state index < -0.39 is 11.6 Å². The van der Waals surface area contributed by atoms with Gasteiger partial charge in [-0.15, -0.1) is 0 Å². The third-order valence-electron chi connectivity index (χ3n) is 4.57. The fraction of sp³-hybridized carbons (Fsp3) is 0.0500. The molecule has 0 saturated carbocycles. The number of furan rings is 1. The van der Waals surface area contributed by atoms with Crippen molar-refractivity contribution in [3.8, 4) is 5.69 Å². The molecule has 3 heterocycles. The zero-order valence-corrected chi connectivity index (χ0v) is 14.1. The summed E-state index contributed by atoms with van der Waals surface area (Å²) in [6, 6.07) is 11.5. The van der Waals surface area contributed by atoms with Crippen LogP contribution in [0.4, 0.5) is 8.78 Å². The van der Waals surface area contributed by atoms with Crippen LogP contribution in [0.2, 0.25) is 5.02 Å². The van der Waals surface area contributed by atoms with Crippen LogP contribution in [0.25, 0.3) is 16.5 Å². The molecule has 0 atom stereocenters. The largest absolute Gasteiger partial charge is 0.461 e. The first kappa shape index (κ1) is 15.3. The second kappa shape index (κ2) is 5.54. The van der Waals surface area contributed by atoms with Crippen LogP contribution in [0, 0.1) is 11.6 Å². The summed E-state index contributed by atoms with van der Waals surface area (Å²) in [5.41, 5.74) is 3.05. The van der Waals surface area contributed by atoms with E-state index in [1.165, 1.54) is 12.3 Å². The average Bonchev–Trinajstić information content (AvgIpc) is 3.21. The molecule has 0 N–H and O–H groups in total. The SMILES string of the molecule is Fc1cc(F)c2c(C3=NCc4c(Cl)cccc4-n4cccc43)occ2c1. The van der Waals surface area contributed by atoms with Gasteiger partial charge in [0.2, 0.25) is 0 Å². The van der Waals surface area contributed by atoms with Gasteiger partial charge < -0.3 is 8.98 Å². The molecule has 0 radical (unpaired) electrons. The number of fused-ring (bicyclic) bond motifs is 4. The molecule has 2 aromatic heterocycles. The first-order valence-corrected chi connectivity index (χ1v) is 8.38. The van der Waals surface area contributed by atoms with Gasteiger partial charge in [-0.25, -0.2) is 8.78 Å². The van der Waals surface area contributed by atoms with E-state index >= 15 is 0 Å². The third-order valence-corrected chi connectivity index (χ3v) is 4.93. The van der Waals surface area contributed by atoms with Crippen LogP contribution in [-0.4, -0.2) is 10.3 Å². The molecule has 1 aliphatic heterocycles. The third kappa shape index (κ3) is 2.14. The minimum absolute atomic E-state index is 0.218. The molecule has 1 aliphatic rings. The highest BCUT2D eigenvalue weighted by atomic mass is 35.5. The number of hydrogen-bond donors (Lipinski definition) is 0. The number of nitrogens with zero attached hydrogens (tertiary/aromatic N) is 2. The summed E-state index contributed by atoms with van der Waals surface area (Å²) in [5, 5.41) is 1.19. The Labute approximate surface area is 152 Å². The Kier molecular flexibility index (Phi) is 3.27. The van der Waals surface area contributed by atoms with Gasteiger partial charge in [-0.05, 0) is 30.3 Å². The number of benzene rings is 2. The van der Waals surface area contributed by atoms with Gasteiger partial charge in [0.25, 0.3) is 0 Å². The summed E-state index contributed by atoms with van der Waals surface area (Å²) in [6.07, 6.45) is 3.24. The second-order valence-electron chi connectivity index (χ2n) is 6.08. The molecule has 0 amide bonds. The zero-order valence-electron chi connectivity index (χ0n) is 13.3. The van der Waals surface area contributed by atoms with Crippen molar-refractivity contribution in [2.24, 2.45) is 4.99 Å². The highest BCUT2D eigenvalue weighted by Gasteiger charge is 2.24. The molecule has 3 nitrogen and oxygen atoms in total. The molecule has 0 spiro atoms. The van der Waals surface area contributed by atoms with Crippen LogP contribution in [0.15, 0.2) is 64.3 Å². The number of rotatable bonds is 1. The van der Waals surface area contributed by atoms with Gasteiger partial charge in [-0.3, -0.25) is 4.99 Å². The summed E-state index contributed by atoms with van der Waals surface area (Å²) >= 11 is 6.35. The summed E-state index contributed by atoms with van der Waals surface area (Å²) < 4.78 is 35.5. The quantitative estimate of drug-likeness (QED) is 0.436. The molecular formula is C20H11ClF2N2O. The van der Waals surface area contributed by atoms with Crippen LogP contribution in [0.3, 0.4) is 0 Å². The monoisotopic (exact) mass is 368 g/mol. The van der Waals surface area contributed by atoms with Crippen LogP contribution in [0.5, 0.6) is 0 Å². The lowest BCUT2D eigenvalue weighted by Crippen LogP contribution is -2.08. The predicted octanol–water partition coefficient (Wildman–Crippen LogP) is 5.51. The molecule has 6 heteroatoms. The smallest absolute Gasteiger partial charge is 0.164 e. The van der Waals surface area contributed by atoms with Gasteiger partial charge in [-0.2, -0.15) is 0 Å². The fourth-order valence-corrected chi connectivity index (χ4v) is 3.65. The lowest BCUT2D eigenvalue weighted by Gasteiger charge is -2.11. The maximum Gasteiger partial charge on any atom is 0.164 e. The molecule has 128 valence electrons. The van der Waals surface area contributed by atoms with Gasteiger partial charge in [0.05, 0.1) is 29.6 Å². The van der Waals surface area contributed by atoms with Gasteiger partial charge in [-0.1, -0.05) is 17.7 Å². The number of aromatic nitrogens is 1. The van der Waals surface area contributed by atoms with E-state index in [1.54, 1.807) is 0 Å². The normalized spacial score (nSPS) is 13.3. The zero-order chi connectivity index (χ0) is 17.8. The lowest BCUT2D eigenvalue weighted by atomic mass is 10.1. The van der Waals surface area contributed by atoms with Gasteiger partial charge in [0.15, 0.2) is 5.76 Å². The van der Waals surface area contributed by atoms with Crippen molar-refractivity contribution < 1.29 is 13.2 Å². The number of aliphatic imine (C=N–C) groups is 1. The highest BCUT2D eigenvalue weighted by Crippen LogP contribution is 2.33. The van der Waals surface area contributed by atoms with Crippen molar-refractivity contribution in [3.05, 3.63) is 88.6 Å². The molecule has 0 bridgehead atoms. The summed E-state index contributed by atoms with van der Waals surface area (Å²) in [5.74, 6) is -1.04. The van der Waals surface area contributed by atoms with E-state index in [9.17, 15) is 8.78 Å². The Morgan fingerprint density at radius 1 is 1.12 bits per heavy atom. The van der Waals surface area contributed by atoms with Gasteiger partial charge >= 0.3 is 0 Å². The molecule has 4 aromatic rings. The number of hydrogen-bond acceptors (Lipinski definition) is 2. The summed E-state index contributed by atoms with van der Waals surface area (Å²) in [4.78, 5) is 4.65. The van der Waals surface area contributed by atoms with Crippen LogP contribution in [0.1, 0.15) is 17.0 Å². The van der Waals surface area contributed by atoms with Crippen LogP contribution < -0.4 is 0 Å². The molecule has 0 unspecified atom stereocenters. The maximum atomic E-state index is 14.4. The molecule has 5 rings (SSSR count). The minimum Gasteiger partial charge on any atom is -0.461 e.